The predicted molar refractivity (Wildman–Crippen MR) is 58.0 cm³/mol. The van der Waals surface area contributed by atoms with Crippen LogP contribution >= 0.6 is 0 Å². The highest BCUT2D eigenvalue weighted by molar-refractivity contribution is 5.98. The van der Waals surface area contributed by atoms with Gasteiger partial charge in [-0.15, -0.1) is 0 Å². The van der Waals surface area contributed by atoms with Crippen molar-refractivity contribution in [3.8, 4) is 0 Å². The molecule has 1 aromatic heterocycles. The van der Waals surface area contributed by atoms with Crippen LogP contribution in [-0.2, 0) is 4.79 Å². The highest BCUT2D eigenvalue weighted by Gasteiger charge is 2.22. The summed E-state index contributed by atoms with van der Waals surface area (Å²) in [6, 6.07) is 4.13. The maximum Gasteiger partial charge on any atom is 0.306 e. The first-order valence-corrected chi connectivity index (χ1v) is 4.96. The lowest BCUT2D eigenvalue weighted by atomic mass is 9.98. The van der Waals surface area contributed by atoms with E-state index in [0.717, 1.165) is 0 Å². The number of hydrogen-bond acceptors (Lipinski definition) is 4. The molecule has 1 unspecified atom stereocenters. The van der Waals surface area contributed by atoms with Gasteiger partial charge in [0.1, 0.15) is 5.69 Å². The number of carbonyl (C=O) groups is 2. The summed E-state index contributed by atoms with van der Waals surface area (Å²) in [6.07, 6.45) is 1.62. The fraction of sp³-hybridized carbons (Fsp3) is 0.364. The number of hydrogen-bond donors (Lipinski definition) is 2. The first-order chi connectivity index (χ1) is 7.52. The SMILES string of the molecule is CC(C[C@H](N)C(=O)c1ccccn1)C(=O)O. The quantitative estimate of drug-likeness (QED) is 0.715. The summed E-state index contributed by atoms with van der Waals surface area (Å²) in [7, 11) is 0. The van der Waals surface area contributed by atoms with E-state index in [4.69, 9.17) is 10.8 Å². The van der Waals surface area contributed by atoms with Gasteiger partial charge in [-0.3, -0.25) is 14.6 Å². The maximum atomic E-state index is 11.7. The van der Waals surface area contributed by atoms with E-state index in [-0.39, 0.29) is 17.9 Å². The van der Waals surface area contributed by atoms with Gasteiger partial charge in [0.2, 0.25) is 0 Å². The molecule has 0 spiro atoms. The van der Waals surface area contributed by atoms with Crippen molar-refractivity contribution in [2.24, 2.45) is 11.7 Å². The molecule has 0 radical (unpaired) electrons. The minimum atomic E-state index is -0.954. The molecule has 86 valence electrons. The Hall–Kier alpha value is -1.75. The molecule has 1 rings (SSSR count). The normalized spacial score (nSPS) is 14.1. The highest BCUT2D eigenvalue weighted by atomic mass is 16.4. The molecule has 2 atom stereocenters. The van der Waals surface area contributed by atoms with Crippen molar-refractivity contribution < 1.29 is 14.7 Å². The molecular weight excluding hydrogens is 208 g/mol. The molecule has 0 saturated heterocycles. The average Bonchev–Trinajstić information content (AvgIpc) is 2.28. The monoisotopic (exact) mass is 222 g/mol. The van der Waals surface area contributed by atoms with Crippen LogP contribution in [0, 0.1) is 5.92 Å². The Morgan fingerprint density at radius 2 is 2.19 bits per heavy atom. The van der Waals surface area contributed by atoms with Crippen LogP contribution in [0.3, 0.4) is 0 Å². The van der Waals surface area contributed by atoms with Gasteiger partial charge in [-0.05, 0) is 18.6 Å². The van der Waals surface area contributed by atoms with Crippen molar-refractivity contribution in [1.82, 2.24) is 4.98 Å². The van der Waals surface area contributed by atoms with Crippen molar-refractivity contribution in [2.75, 3.05) is 0 Å². The molecule has 5 nitrogen and oxygen atoms in total. The summed E-state index contributed by atoms with van der Waals surface area (Å²) in [5.74, 6) is -1.92. The largest absolute Gasteiger partial charge is 0.481 e. The Morgan fingerprint density at radius 1 is 1.50 bits per heavy atom. The van der Waals surface area contributed by atoms with Crippen LogP contribution in [0.25, 0.3) is 0 Å². The molecule has 0 saturated carbocycles. The van der Waals surface area contributed by atoms with E-state index in [1.807, 2.05) is 0 Å². The Kier molecular flexibility index (Phi) is 4.13. The van der Waals surface area contributed by atoms with Crippen LogP contribution in [0.1, 0.15) is 23.8 Å². The lowest BCUT2D eigenvalue weighted by Crippen LogP contribution is -2.34. The van der Waals surface area contributed by atoms with Crippen LogP contribution < -0.4 is 5.73 Å². The number of nitrogens with two attached hydrogens (primary N) is 1. The molecule has 0 amide bonds. The topological polar surface area (TPSA) is 93.3 Å². The number of rotatable bonds is 5. The lowest BCUT2D eigenvalue weighted by Gasteiger charge is -2.12. The van der Waals surface area contributed by atoms with Crippen LogP contribution in [0.2, 0.25) is 0 Å². The number of pyridine rings is 1. The summed E-state index contributed by atoms with van der Waals surface area (Å²) in [4.78, 5) is 26.2. The van der Waals surface area contributed by atoms with Crippen LogP contribution in [0.15, 0.2) is 24.4 Å². The fourth-order valence-electron chi connectivity index (χ4n) is 1.29. The number of carboxylic acid groups (broad SMARTS) is 1. The minimum absolute atomic E-state index is 0.116. The third-order valence-corrected chi connectivity index (χ3v) is 2.28. The molecule has 1 aromatic rings. The first-order valence-electron chi connectivity index (χ1n) is 4.96. The van der Waals surface area contributed by atoms with Crippen molar-refractivity contribution >= 4 is 11.8 Å². The number of aromatic nitrogens is 1. The van der Waals surface area contributed by atoms with E-state index in [0.29, 0.717) is 0 Å². The van der Waals surface area contributed by atoms with Crippen LogP contribution in [0.4, 0.5) is 0 Å². The van der Waals surface area contributed by atoms with Crippen LogP contribution in [-0.4, -0.2) is 27.9 Å². The molecule has 5 heteroatoms. The smallest absolute Gasteiger partial charge is 0.306 e. The number of carboxylic acids is 1. The summed E-state index contributed by atoms with van der Waals surface area (Å²) < 4.78 is 0. The van der Waals surface area contributed by atoms with E-state index in [2.05, 4.69) is 4.98 Å². The van der Waals surface area contributed by atoms with E-state index in [1.54, 1.807) is 18.2 Å². The van der Waals surface area contributed by atoms with E-state index in [9.17, 15) is 9.59 Å². The summed E-state index contributed by atoms with van der Waals surface area (Å²) >= 11 is 0. The standard InChI is InChI=1S/C11H14N2O3/c1-7(11(15)16)6-8(12)10(14)9-4-2-3-5-13-9/h2-5,7-8H,6,12H2,1H3,(H,15,16)/t7?,8-/m0/s1. The Morgan fingerprint density at radius 3 is 2.69 bits per heavy atom. The third-order valence-electron chi connectivity index (χ3n) is 2.28. The third kappa shape index (κ3) is 3.13. The molecule has 0 aromatic carbocycles. The summed E-state index contributed by atoms with van der Waals surface area (Å²) in [5.41, 5.74) is 5.91. The first kappa shape index (κ1) is 12.3. The zero-order valence-electron chi connectivity index (χ0n) is 8.96. The zero-order chi connectivity index (χ0) is 12.1. The van der Waals surface area contributed by atoms with Gasteiger partial charge in [-0.2, -0.15) is 0 Å². The number of carbonyl (C=O) groups excluding carboxylic acids is 1. The van der Waals surface area contributed by atoms with E-state index in [1.165, 1.54) is 13.1 Å². The summed E-state index contributed by atoms with van der Waals surface area (Å²) in [6.45, 7) is 1.52. The van der Waals surface area contributed by atoms with Gasteiger partial charge >= 0.3 is 5.97 Å². The van der Waals surface area contributed by atoms with Gasteiger partial charge < -0.3 is 10.8 Å². The Balaban J connectivity index is 2.65. The number of aliphatic carboxylic acids is 1. The van der Waals surface area contributed by atoms with Gasteiger partial charge in [0.05, 0.1) is 12.0 Å². The van der Waals surface area contributed by atoms with Crippen LogP contribution in [0.5, 0.6) is 0 Å². The molecule has 0 aliphatic heterocycles. The van der Waals surface area contributed by atoms with Gasteiger partial charge in [0, 0.05) is 6.20 Å². The highest BCUT2D eigenvalue weighted by Crippen LogP contribution is 2.08. The number of nitrogens with zero attached hydrogens (tertiary/aromatic N) is 1. The maximum absolute atomic E-state index is 11.7. The van der Waals surface area contributed by atoms with E-state index >= 15 is 0 Å². The zero-order valence-corrected chi connectivity index (χ0v) is 8.96. The molecule has 3 N–H and O–H groups in total. The second-order valence-electron chi connectivity index (χ2n) is 3.66. The molecule has 0 bridgehead atoms. The van der Waals surface area contributed by atoms with Gasteiger partial charge in [0.25, 0.3) is 0 Å². The number of Topliss-reactive ketones (excluding diaryl/α,β-unsaturated/α-hetero) is 1. The second kappa shape index (κ2) is 5.37. The fourth-order valence-corrected chi connectivity index (χ4v) is 1.29. The van der Waals surface area contributed by atoms with E-state index < -0.39 is 17.9 Å². The van der Waals surface area contributed by atoms with Crippen molar-refractivity contribution in [3.05, 3.63) is 30.1 Å². The minimum Gasteiger partial charge on any atom is -0.481 e. The molecule has 0 fully saturated rings. The molecule has 16 heavy (non-hydrogen) atoms. The van der Waals surface area contributed by atoms with Gasteiger partial charge in [-0.1, -0.05) is 13.0 Å². The van der Waals surface area contributed by atoms with Crippen molar-refractivity contribution in [2.45, 2.75) is 19.4 Å². The lowest BCUT2D eigenvalue weighted by molar-refractivity contribution is -0.141. The van der Waals surface area contributed by atoms with Crippen molar-refractivity contribution in [1.29, 1.82) is 0 Å². The summed E-state index contributed by atoms with van der Waals surface area (Å²) in [5, 5.41) is 8.70. The van der Waals surface area contributed by atoms with Crippen molar-refractivity contribution in [3.63, 3.8) is 0 Å². The van der Waals surface area contributed by atoms with Gasteiger partial charge in [-0.25, -0.2) is 0 Å². The molecule has 1 heterocycles. The Labute approximate surface area is 93.3 Å². The second-order valence-corrected chi connectivity index (χ2v) is 3.66. The Bertz CT molecular complexity index is 378. The predicted octanol–water partition coefficient (Wildman–Crippen LogP) is 0.702. The number of ketones is 1. The average molecular weight is 222 g/mol. The molecular formula is C11H14N2O3. The molecule has 0 aliphatic rings. The van der Waals surface area contributed by atoms with Gasteiger partial charge in [0.15, 0.2) is 5.78 Å². The molecule has 0 aliphatic carbocycles.